The van der Waals surface area contributed by atoms with Gasteiger partial charge in [-0.1, -0.05) is 0 Å². The van der Waals surface area contributed by atoms with Gasteiger partial charge < -0.3 is 20.7 Å². The maximum Gasteiger partial charge on any atom is 0.351 e. The number of ether oxygens (including phenoxy) is 1. The van der Waals surface area contributed by atoms with Gasteiger partial charge in [0.05, 0.1) is 6.61 Å². The number of aromatic nitrogens is 2. The summed E-state index contributed by atoms with van der Waals surface area (Å²) in [5.41, 5.74) is 2.33. The average molecular weight is 259 g/mol. The van der Waals surface area contributed by atoms with Gasteiger partial charge in [0.1, 0.15) is 18.0 Å². The van der Waals surface area contributed by atoms with Gasteiger partial charge in [0.15, 0.2) is 11.9 Å². The van der Waals surface area contributed by atoms with Crippen molar-refractivity contribution in [3.8, 4) is 0 Å². The molecule has 2 rings (SSSR count). The zero-order valence-electron chi connectivity index (χ0n) is 9.65. The Hall–Kier alpha value is -1.51. The molecule has 100 valence electrons. The van der Waals surface area contributed by atoms with Crippen molar-refractivity contribution in [2.24, 2.45) is 0 Å². The maximum atomic E-state index is 14.4. The van der Waals surface area contributed by atoms with Crippen LogP contribution in [-0.2, 0) is 4.74 Å². The van der Waals surface area contributed by atoms with Gasteiger partial charge in [0.2, 0.25) is 0 Å². The number of nitrogens with zero attached hydrogens (tertiary/aromatic N) is 2. The van der Waals surface area contributed by atoms with Crippen molar-refractivity contribution < 1.29 is 19.3 Å². The molecular weight excluding hydrogens is 245 g/mol. The summed E-state index contributed by atoms with van der Waals surface area (Å²) < 4.78 is 20.4. The lowest BCUT2D eigenvalue weighted by Crippen LogP contribution is -2.42. The number of alkyl halides is 1. The van der Waals surface area contributed by atoms with E-state index < -0.39 is 36.4 Å². The molecule has 18 heavy (non-hydrogen) atoms. The van der Waals surface area contributed by atoms with Gasteiger partial charge >= 0.3 is 5.69 Å². The highest BCUT2D eigenvalue weighted by molar-refractivity contribution is 5.23. The molecule has 0 unspecified atom stereocenters. The molecule has 0 radical (unpaired) electrons. The second kappa shape index (κ2) is 4.30. The number of halogens is 1. The van der Waals surface area contributed by atoms with Crippen LogP contribution in [0.15, 0.2) is 17.1 Å². The van der Waals surface area contributed by atoms with Crippen LogP contribution < -0.4 is 11.4 Å². The van der Waals surface area contributed by atoms with E-state index in [9.17, 15) is 14.3 Å². The first-order chi connectivity index (χ1) is 8.37. The van der Waals surface area contributed by atoms with Crippen molar-refractivity contribution in [3.05, 3.63) is 22.7 Å². The van der Waals surface area contributed by atoms with Gasteiger partial charge in [-0.05, 0) is 13.0 Å². The fourth-order valence-corrected chi connectivity index (χ4v) is 1.97. The summed E-state index contributed by atoms with van der Waals surface area (Å²) in [7, 11) is 0. The Kier molecular flexibility index (Phi) is 3.09. The standard InChI is InChI=1S/C10H14FN3O4/c1-10(11)7(16)5(4-15)18-8(10)14-3-2-6(12)13-9(14)17/h2-3,5,7-8,15-16H,4H2,1H3,(H2,12,13,17)/t5-,7-,8-,10-/m0/s1. The molecule has 4 atom stereocenters. The first kappa shape index (κ1) is 12.9. The molecule has 0 amide bonds. The van der Waals surface area contributed by atoms with Crippen LogP contribution in [0.4, 0.5) is 10.2 Å². The molecule has 0 aliphatic carbocycles. The van der Waals surface area contributed by atoms with Gasteiger partial charge in [-0.25, -0.2) is 9.18 Å². The van der Waals surface area contributed by atoms with E-state index in [4.69, 9.17) is 15.6 Å². The molecule has 0 bridgehead atoms. The van der Waals surface area contributed by atoms with Crippen LogP contribution in [0.25, 0.3) is 0 Å². The molecule has 4 N–H and O–H groups in total. The molecule has 1 aromatic rings. The van der Waals surface area contributed by atoms with E-state index in [2.05, 4.69) is 4.98 Å². The van der Waals surface area contributed by atoms with Crippen LogP contribution in [0, 0.1) is 0 Å². The fourth-order valence-electron chi connectivity index (χ4n) is 1.97. The molecule has 2 heterocycles. The molecule has 1 aliphatic rings. The highest BCUT2D eigenvalue weighted by atomic mass is 19.1. The van der Waals surface area contributed by atoms with E-state index >= 15 is 0 Å². The third-order valence-corrected chi connectivity index (χ3v) is 3.00. The van der Waals surface area contributed by atoms with Gasteiger partial charge in [-0.15, -0.1) is 0 Å². The lowest BCUT2D eigenvalue weighted by atomic mass is 9.98. The normalized spacial score (nSPS) is 35.9. The first-order valence-electron chi connectivity index (χ1n) is 5.36. The zero-order chi connectivity index (χ0) is 13.5. The number of aliphatic hydroxyl groups excluding tert-OH is 2. The third-order valence-electron chi connectivity index (χ3n) is 3.00. The second-order valence-corrected chi connectivity index (χ2v) is 4.35. The third kappa shape index (κ3) is 1.88. The van der Waals surface area contributed by atoms with Gasteiger partial charge in [0.25, 0.3) is 0 Å². The Morgan fingerprint density at radius 3 is 2.89 bits per heavy atom. The second-order valence-electron chi connectivity index (χ2n) is 4.35. The number of rotatable bonds is 2. The van der Waals surface area contributed by atoms with Crippen molar-refractivity contribution in [1.29, 1.82) is 0 Å². The quantitative estimate of drug-likeness (QED) is 0.615. The number of anilines is 1. The van der Waals surface area contributed by atoms with E-state index in [1.807, 2.05) is 0 Å². The smallest absolute Gasteiger partial charge is 0.351 e. The molecule has 0 saturated carbocycles. The van der Waals surface area contributed by atoms with Gasteiger partial charge in [-0.2, -0.15) is 4.98 Å². The number of hydrogen-bond donors (Lipinski definition) is 3. The summed E-state index contributed by atoms with van der Waals surface area (Å²) in [5.74, 6) is 0.00839. The minimum atomic E-state index is -2.21. The van der Waals surface area contributed by atoms with Crippen molar-refractivity contribution in [2.45, 2.75) is 31.0 Å². The minimum absolute atomic E-state index is 0.00839. The largest absolute Gasteiger partial charge is 0.394 e. The molecular formula is C10H14FN3O4. The Morgan fingerprint density at radius 1 is 1.72 bits per heavy atom. The number of nitrogen functional groups attached to an aromatic ring is 1. The average Bonchev–Trinajstić information content (AvgIpc) is 2.52. The molecule has 1 fully saturated rings. The lowest BCUT2D eigenvalue weighted by molar-refractivity contribution is -0.0610. The Labute approximate surface area is 102 Å². The fraction of sp³-hybridized carbons (Fsp3) is 0.600. The topological polar surface area (TPSA) is 111 Å². The van der Waals surface area contributed by atoms with E-state index in [1.54, 1.807) is 0 Å². The molecule has 1 aliphatic heterocycles. The summed E-state index contributed by atoms with van der Waals surface area (Å²) in [4.78, 5) is 15.1. The Bertz CT molecular complexity index is 504. The predicted octanol–water partition coefficient (Wildman–Crippen LogP) is -1.20. The molecule has 1 saturated heterocycles. The Morgan fingerprint density at radius 2 is 2.39 bits per heavy atom. The van der Waals surface area contributed by atoms with Crippen molar-refractivity contribution in [3.63, 3.8) is 0 Å². The monoisotopic (exact) mass is 259 g/mol. The molecule has 7 nitrogen and oxygen atoms in total. The van der Waals surface area contributed by atoms with E-state index in [0.29, 0.717) is 0 Å². The van der Waals surface area contributed by atoms with Crippen molar-refractivity contribution in [1.82, 2.24) is 9.55 Å². The summed E-state index contributed by atoms with van der Waals surface area (Å²) >= 11 is 0. The van der Waals surface area contributed by atoms with Gasteiger partial charge in [0, 0.05) is 6.20 Å². The van der Waals surface area contributed by atoms with E-state index in [0.717, 1.165) is 11.5 Å². The van der Waals surface area contributed by atoms with Crippen molar-refractivity contribution in [2.75, 3.05) is 12.3 Å². The minimum Gasteiger partial charge on any atom is -0.394 e. The van der Waals surface area contributed by atoms with Crippen LogP contribution in [0.5, 0.6) is 0 Å². The summed E-state index contributed by atoms with van der Waals surface area (Å²) in [6, 6.07) is 1.32. The lowest BCUT2D eigenvalue weighted by Gasteiger charge is -2.24. The highest BCUT2D eigenvalue weighted by Crippen LogP contribution is 2.40. The maximum absolute atomic E-state index is 14.4. The Balaban J connectivity index is 2.42. The first-order valence-corrected chi connectivity index (χ1v) is 5.36. The predicted molar refractivity (Wildman–Crippen MR) is 59.4 cm³/mol. The van der Waals surface area contributed by atoms with Gasteiger partial charge in [-0.3, -0.25) is 4.57 Å². The molecule has 8 heteroatoms. The highest BCUT2D eigenvalue weighted by Gasteiger charge is 2.55. The zero-order valence-corrected chi connectivity index (χ0v) is 9.65. The molecule has 0 spiro atoms. The van der Waals surface area contributed by atoms with E-state index in [1.165, 1.54) is 12.3 Å². The molecule has 0 aromatic carbocycles. The SMILES string of the molecule is C[C@@]1(F)[C@@H](n2ccc(N)nc2=O)O[C@@H](CO)[C@@H]1O. The van der Waals surface area contributed by atoms with Crippen LogP contribution >= 0.6 is 0 Å². The van der Waals surface area contributed by atoms with Crippen molar-refractivity contribution >= 4 is 5.82 Å². The van der Waals surface area contributed by atoms with Crippen LogP contribution in [0.1, 0.15) is 13.2 Å². The van der Waals surface area contributed by atoms with E-state index in [-0.39, 0.29) is 5.82 Å². The number of hydrogen-bond acceptors (Lipinski definition) is 6. The van der Waals surface area contributed by atoms with Crippen LogP contribution in [0.2, 0.25) is 0 Å². The number of nitrogens with two attached hydrogens (primary N) is 1. The van der Waals surface area contributed by atoms with Crippen LogP contribution in [0.3, 0.4) is 0 Å². The summed E-state index contributed by atoms with van der Waals surface area (Å²) in [5, 5.41) is 18.6. The summed E-state index contributed by atoms with van der Waals surface area (Å²) in [6.07, 6.45) is -2.74. The summed E-state index contributed by atoms with van der Waals surface area (Å²) in [6.45, 7) is 0.551. The number of aliphatic hydroxyl groups is 2. The van der Waals surface area contributed by atoms with Crippen LogP contribution in [-0.4, -0.2) is 44.2 Å². The molecule has 1 aromatic heterocycles.